The molecule has 1 saturated heterocycles. The van der Waals surface area contributed by atoms with Crippen LogP contribution < -0.4 is 19.5 Å². The second kappa shape index (κ2) is 10.7. The van der Waals surface area contributed by atoms with E-state index in [-0.39, 0.29) is 24.5 Å². The number of benzene rings is 1. The molecule has 0 bridgehead atoms. The monoisotopic (exact) mass is 487 g/mol. The number of carbonyl (C=O) groups is 3. The summed E-state index contributed by atoms with van der Waals surface area (Å²) in [4.78, 5) is 38.0. The van der Waals surface area contributed by atoms with Crippen LogP contribution in [0, 0.1) is 0 Å². The van der Waals surface area contributed by atoms with Gasteiger partial charge in [0, 0.05) is 20.1 Å². The smallest absolute Gasteiger partial charge is 0.293 e. The van der Waals surface area contributed by atoms with E-state index in [0.717, 1.165) is 27.2 Å². The highest BCUT2D eigenvalue weighted by molar-refractivity contribution is 8.18. The Morgan fingerprint density at radius 2 is 1.75 bits per heavy atom. The number of likely N-dealkylation sites (N-methyl/N-ethyl adjacent to an activating group) is 1. The van der Waals surface area contributed by atoms with Gasteiger partial charge in [-0.15, -0.1) is 0 Å². The zero-order valence-corrected chi connectivity index (χ0v) is 20.0. The molecule has 176 valence electrons. The molecule has 11 nitrogen and oxygen atoms in total. The first-order valence-electron chi connectivity index (χ1n) is 9.25. The fourth-order valence-corrected chi connectivity index (χ4v) is 3.93. The number of ether oxygens (including phenoxy) is 3. The fourth-order valence-electron chi connectivity index (χ4n) is 2.71. The molecule has 2 rings (SSSR count). The van der Waals surface area contributed by atoms with E-state index in [4.69, 9.17) is 14.2 Å². The van der Waals surface area contributed by atoms with Gasteiger partial charge in [0.15, 0.2) is 11.5 Å². The van der Waals surface area contributed by atoms with E-state index in [0.29, 0.717) is 22.8 Å². The molecule has 0 saturated carbocycles. The van der Waals surface area contributed by atoms with Gasteiger partial charge in [0.1, 0.15) is 0 Å². The van der Waals surface area contributed by atoms with E-state index in [9.17, 15) is 22.8 Å². The van der Waals surface area contributed by atoms with E-state index in [1.807, 2.05) is 0 Å². The number of sulfonamides is 1. The van der Waals surface area contributed by atoms with E-state index in [2.05, 4.69) is 5.32 Å². The Balaban J connectivity index is 2.07. The van der Waals surface area contributed by atoms with Crippen LogP contribution in [0.2, 0.25) is 0 Å². The molecule has 1 fully saturated rings. The van der Waals surface area contributed by atoms with E-state index >= 15 is 0 Å². The maximum absolute atomic E-state index is 12.7. The highest BCUT2D eigenvalue weighted by Crippen LogP contribution is 2.40. The van der Waals surface area contributed by atoms with Crippen LogP contribution >= 0.6 is 11.8 Å². The maximum atomic E-state index is 12.7. The number of amides is 3. The van der Waals surface area contributed by atoms with Crippen molar-refractivity contribution in [1.29, 1.82) is 0 Å². The molecule has 0 aromatic heterocycles. The van der Waals surface area contributed by atoms with Crippen LogP contribution in [0.3, 0.4) is 0 Å². The van der Waals surface area contributed by atoms with Gasteiger partial charge in [-0.3, -0.25) is 19.3 Å². The van der Waals surface area contributed by atoms with Gasteiger partial charge in [-0.25, -0.2) is 8.42 Å². The van der Waals surface area contributed by atoms with Crippen molar-refractivity contribution in [2.24, 2.45) is 0 Å². The highest BCUT2D eigenvalue weighted by atomic mass is 32.2. The summed E-state index contributed by atoms with van der Waals surface area (Å²) in [5.74, 6) is 0.157. The minimum absolute atomic E-state index is 0.00800. The second-order valence-corrected chi connectivity index (χ2v) is 9.74. The Hall–Kier alpha value is -2.77. The molecule has 0 unspecified atom stereocenters. The zero-order valence-electron chi connectivity index (χ0n) is 18.3. The van der Waals surface area contributed by atoms with Crippen LogP contribution in [-0.2, 0) is 19.6 Å². The van der Waals surface area contributed by atoms with Gasteiger partial charge in [0.2, 0.25) is 21.7 Å². The van der Waals surface area contributed by atoms with Gasteiger partial charge in [-0.1, -0.05) is 0 Å². The third kappa shape index (κ3) is 6.14. The van der Waals surface area contributed by atoms with Crippen LogP contribution in [0.25, 0.3) is 6.08 Å². The van der Waals surface area contributed by atoms with Crippen molar-refractivity contribution in [3.63, 3.8) is 0 Å². The normalized spacial score (nSPS) is 15.4. The predicted octanol–water partition coefficient (Wildman–Crippen LogP) is 0.756. The van der Waals surface area contributed by atoms with E-state index in [1.165, 1.54) is 34.5 Å². The van der Waals surface area contributed by atoms with Crippen molar-refractivity contribution in [2.75, 3.05) is 54.3 Å². The number of carbonyl (C=O) groups excluding carboxylic acids is 3. The Morgan fingerprint density at radius 3 is 2.25 bits per heavy atom. The van der Waals surface area contributed by atoms with Crippen molar-refractivity contribution in [2.45, 2.75) is 0 Å². The number of methoxy groups -OCH3 is 3. The summed E-state index contributed by atoms with van der Waals surface area (Å²) >= 11 is 0.772. The van der Waals surface area contributed by atoms with Gasteiger partial charge < -0.3 is 19.5 Å². The maximum Gasteiger partial charge on any atom is 0.293 e. The van der Waals surface area contributed by atoms with Crippen molar-refractivity contribution < 1.29 is 37.0 Å². The molecule has 32 heavy (non-hydrogen) atoms. The molecule has 0 radical (unpaired) electrons. The third-order valence-electron chi connectivity index (χ3n) is 4.45. The van der Waals surface area contributed by atoms with Gasteiger partial charge in [-0.2, -0.15) is 4.31 Å². The lowest BCUT2D eigenvalue weighted by atomic mass is 10.1. The standard InChI is InChI=1S/C19H25N3O8S2/c1-21(32(5,26)27)11-16(23)20-6-7-22-18(24)15(31-19(22)25)10-12-8-13(28-2)17(30-4)14(9-12)29-3/h8-10H,6-7,11H2,1-5H3,(H,20,23)/b15-10-. The molecular formula is C19H25N3O8S2. The van der Waals surface area contributed by atoms with Crippen LogP contribution in [-0.4, -0.2) is 88.9 Å². The summed E-state index contributed by atoms with van der Waals surface area (Å²) in [5.41, 5.74) is 0.571. The molecule has 13 heteroatoms. The zero-order chi connectivity index (χ0) is 24.1. The molecule has 0 aliphatic carbocycles. The summed E-state index contributed by atoms with van der Waals surface area (Å²) in [6.07, 6.45) is 2.52. The highest BCUT2D eigenvalue weighted by Gasteiger charge is 2.34. The van der Waals surface area contributed by atoms with E-state index < -0.39 is 27.1 Å². The van der Waals surface area contributed by atoms with Crippen molar-refractivity contribution in [3.05, 3.63) is 22.6 Å². The SMILES string of the molecule is COc1cc(/C=C2\SC(=O)N(CCNC(=O)CN(C)S(C)(=O)=O)C2=O)cc(OC)c1OC. The summed E-state index contributed by atoms with van der Waals surface area (Å²) < 4.78 is 39.5. The van der Waals surface area contributed by atoms with Crippen molar-refractivity contribution >= 4 is 44.9 Å². The molecule has 1 aromatic rings. The second-order valence-electron chi connectivity index (χ2n) is 6.66. The molecule has 1 aliphatic rings. The van der Waals surface area contributed by atoms with Crippen LogP contribution in [0.5, 0.6) is 17.2 Å². The lowest BCUT2D eigenvalue weighted by Crippen LogP contribution is -2.41. The number of rotatable bonds is 10. The first-order valence-corrected chi connectivity index (χ1v) is 11.9. The van der Waals surface area contributed by atoms with Crippen LogP contribution in [0.1, 0.15) is 5.56 Å². The molecule has 1 heterocycles. The molecule has 3 amide bonds. The topological polar surface area (TPSA) is 132 Å². The first kappa shape index (κ1) is 25.5. The Bertz CT molecular complexity index is 1010. The first-order chi connectivity index (χ1) is 15.0. The number of nitrogens with one attached hydrogen (secondary N) is 1. The molecule has 1 N–H and O–H groups in total. The minimum Gasteiger partial charge on any atom is -0.493 e. The molecule has 0 spiro atoms. The van der Waals surface area contributed by atoms with Gasteiger partial charge in [0.25, 0.3) is 11.1 Å². The molecular weight excluding hydrogens is 462 g/mol. The summed E-state index contributed by atoms with van der Waals surface area (Å²) in [5, 5.41) is 2.02. The fraction of sp³-hybridized carbons (Fsp3) is 0.421. The summed E-state index contributed by atoms with van der Waals surface area (Å²) in [6.45, 7) is -0.417. The number of thioether (sulfide) groups is 1. The quantitative estimate of drug-likeness (QED) is 0.475. The number of imide groups is 1. The summed E-state index contributed by atoms with van der Waals surface area (Å²) in [7, 11) is 2.20. The van der Waals surface area contributed by atoms with Crippen molar-refractivity contribution in [3.8, 4) is 17.2 Å². The molecule has 1 aromatic carbocycles. The van der Waals surface area contributed by atoms with E-state index in [1.54, 1.807) is 12.1 Å². The minimum atomic E-state index is -3.49. The van der Waals surface area contributed by atoms with Crippen LogP contribution in [0.4, 0.5) is 4.79 Å². The van der Waals surface area contributed by atoms with Gasteiger partial charge in [-0.05, 0) is 35.5 Å². The number of hydrogen-bond acceptors (Lipinski definition) is 9. The van der Waals surface area contributed by atoms with Gasteiger partial charge >= 0.3 is 0 Å². The predicted molar refractivity (Wildman–Crippen MR) is 119 cm³/mol. The molecule has 0 atom stereocenters. The summed E-state index contributed by atoms with van der Waals surface area (Å²) in [6, 6.07) is 3.29. The Labute approximate surface area is 190 Å². The average molecular weight is 488 g/mol. The Morgan fingerprint density at radius 1 is 1.16 bits per heavy atom. The Kier molecular flexibility index (Phi) is 8.52. The lowest BCUT2D eigenvalue weighted by molar-refractivity contribution is -0.124. The van der Waals surface area contributed by atoms with Gasteiger partial charge in [0.05, 0.1) is 39.0 Å². The third-order valence-corrected chi connectivity index (χ3v) is 6.62. The average Bonchev–Trinajstić information content (AvgIpc) is 2.99. The van der Waals surface area contributed by atoms with Crippen LogP contribution in [0.15, 0.2) is 17.0 Å². The largest absolute Gasteiger partial charge is 0.493 e. The molecule has 1 aliphatic heterocycles. The van der Waals surface area contributed by atoms with Crippen molar-refractivity contribution in [1.82, 2.24) is 14.5 Å². The number of nitrogens with zero attached hydrogens (tertiary/aromatic N) is 2. The lowest BCUT2D eigenvalue weighted by Gasteiger charge is -2.15. The number of hydrogen-bond donors (Lipinski definition) is 1.